The number of aliphatic hydroxyl groups is 2. The molecule has 302 valence electrons. The molecule has 0 radical (unpaired) electrons. The normalized spacial score (nSPS) is 20.6. The summed E-state index contributed by atoms with van der Waals surface area (Å²) in [6, 6.07) is 25.4. The minimum Gasteiger partial charge on any atom is -0.388 e. The number of hydrogen-bond acceptors (Lipinski definition) is 10. The van der Waals surface area contributed by atoms with Crippen molar-refractivity contribution in [1.82, 2.24) is 29.7 Å². The Morgan fingerprint density at radius 1 is 0.983 bits per heavy atom. The maximum absolute atomic E-state index is 13.7. The van der Waals surface area contributed by atoms with Gasteiger partial charge in [-0.1, -0.05) is 67.6 Å². The average molecular weight is 797 g/mol. The SMILES string of the molecule is CCCN(C(=O)C(F)(F)F)[C@H]1C[C@@H](n2cnc3c(NCC(c4ccccc4)c4ccccc4)nc(N4CC[C@@H](NC(=O)Nc5ccc(C#N)cc5)C4)nc32)[C@H](O)[C@@H]1O. The summed E-state index contributed by atoms with van der Waals surface area (Å²) >= 11 is 0. The second-order valence-corrected chi connectivity index (χ2v) is 14.5. The number of carbonyl (C=O) groups is 2. The van der Waals surface area contributed by atoms with E-state index >= 15 is 0 Å². The Labute approximate surface area is 332 Å². The maximum atomic E-state index is 13.7. The fourth-order valence-electron chi connectivity index (χ4n) is 7.84. The number of fused-ring (bicyclic) bond motifs is 1. The van der Waals surface area contributed by atoms with Crippen molar-refractivity contribution < 1.29 is 33.0 Å². The number of nitriles is 1. The molecule has 1 aliphatic carbocycles. The molecular formula is C41H43F3N10O4. The summed E-state index contributed by atoms with van der Waals surface area (Å²) in [5.74, 6) is -1.52. The lowest BCUT2D eigenvalue weighted by atomic mass is 9.91. The summed E-state index contributed by atoms with van der Waals surface area (Å²) in [7, 11) is 0. The number of aromatic nitrogens is 4. The third-order valence-electron chi connectivity index (χ3n) is 10.7. The molecule has 0 spiro atoms. The molecule has 5 N–H and O–H groups in total. The van der Waals surface area contributed by atoms with Crippen LogP contribution in [0.1, 0.15) is 54.8 Å². The number of carbonyl (C=O) groups excluding carboxylic acids is 2. The lowest BCUT2D eigenvalue weighted by molar-refractivity contribution is -0.190. The van der Waals surface area contributed by atoms with E-state index in [-0.39, 0.29) is 42.9 Å². The second-order valence-electron chi connectivity index (χ2n) is 14.5. The molecule has 1 saturated heterocycles. The molecule has 5 atom stereocenters. The summed E-state index contributed by atoms with van der Waals surface area (Å²) in [4.78, 5) is 42.3. The van der Waals surface area contributed by atoms with E-state index in [0.29, 0.717) is 53.5 Å². The number of aliphatic hydroxyl groups excluding tert-OH is 2. The summed E-state index contributed by atoms with van der Waals surface area (Å²) in [6.07, 6.45) is -6.38. The van der Waals surface area contributed by atoms with E-state index in [1.54, 1.807) is 31.2 Å². The number of urea groups is 1. The minimum atomic E-state index is -5.16. The van der Waals surface area contributed by atoms with Gasteiger partial charge in [0.15, 0.2) is 17.0 Å². The van der Waals surface area contributed by atoms with Crippen LogP contribution >= 0.6 is 0 Å². The fraction of sp³-hybridized carbons (Fsp3) is 0.366. The van der Waals surface area contributed by atoms with Crippen molar-refractivity contribution in [2.45, 2.75) is 68.6 Å². The lowest BCUT2D eigenvalue weighted by Crippen LogP contribution is -2.51. The Morgan fingerprint density at radius 2 is 1.66 bits per heavy atom. The number of benzene rings is 3. The average Bonchev–Trinajstić information content (AvgIpc) is 3.95. The number of alkyl halides is 3. The van der Waals surface area contributed by atoms with Crippen LogP contribution in [0.25, 0.3) is 11.2 Å². The Bertz CT molecular complexity index is 2210. The zero-order valence-electron chi connectivity index (χ0n) is 31.5. The second kappa shape index (κ2) is 17.1. The van der Waals surface area contributed by atoms with Crippen LogP contribution in [-0.2, 0) is 4.79 Å². The highest BCUT2D eigenvalue weighted by atomic mass is 19.4. The van der Waals surface area contributed by atoms with E-state index in [2.05, 4.69) is 20.9 Å². The lowest BCUT2D eigenvalue weighted by Gasteiger charge is -2.31. The number of nitrogens with zero attached hydrogens (tertiary/aromatic N) is 7. The molecule has 2 aliphatic rings. The van der Waals surface area contributed by atoms with Crippen LogP contribution < -0.4 is 20.9 Å². The number of halogens is 3. The van der Waals surface area contributed by atoms with Crippen LogP contribution in [0.2, 0.25) is 0 Å². The number of rotatable bonds is 12. The number of anilines is 3. The van der Waals surface area contributed by atoms with Gasteiger partial charge < -0.3 is 40.5 Å². The maximum Gasteiger partial charge on any atom is 0.471 e. The van der Waals surface area contributed by atoms with Gasteiger partial charge in [0.25, 0.3) is 0 Å². The van der Waals surface area contributed by atoms with E-state index in [4.69, 9.17) is 15.2 Å². The van der Waals surface area contributed by atoms with Gasteiger partial charge in [0, 0.05) is 43.8 Å². The molecule has 1 aliphatic heterocycles. The van der Waals surface area contributed by atoms with Crippen LogP contribution in [-0.4, -0.2) is 103 Å². The molecule has 14 nitrogen and oxygen atoms in total. The molecule has 3 aromatic carbocycles. The first-order chi connectivity index (χ1) is 27.9. The highest BCUT2D eigenvalue weighted by Gasteiger charge is 2.51. The summed E-state index contributed by atoms with van der Waals surface area (Å²) in [5, 5.41) is 40.8. The van der Waals surface area contributed by atoms with Crippen LogP contribution in [0.3, 0.4) is 0 Å². The molecule has 3 amide bonds. The number of imidazole rings is 1. The molecular weight excluding hydrogens is 754 g/mol. The molecule has 0 unspecified atom stereocenters. The molecule has 2 fully saturated rings. The summed E-state index contributed by atoms with van der Waals surface area (Å²) in [5.41, 5.74) is 3.71. The number of hydrogen-bond donors (Lipinski definition) is 5. The van der Waals surface area contributed by atoms with Gasteiger partial charge in [-0.15, -0.1) is 0 Å². The van der Waals surface area contributed by atoms with Gasteiger partial charge in [-0.05, 0) is 54.7 Å². The van der Waals surface area contributed by atoms with Crippen molar-refractivity contribution >= 4 is 40.6 Å². The van der Waals surface area contributed by atoms with Gasteiger partial charge >= 0.3 is 18.1 Å². The summed E-state index contributed by atoms with van der Waals surface area (Å²) < 4.78 is 42.5. The highest BCUT2D eigenvalue weighted by molar-refractivity contribution is 5.89. The Balaban J connectivity index is 1.19. The molecule has 58 heavy (non-hydrogen) atoms. The molecule has 17 heteroatoms. The Hall–Kier alpha value is -6.25. The predicted octanol–water partition coefficient (Wildman–Crippen LogP) is 5.18. The van der Waals surface area contributed by atoms with Crippen LogP contribution in [0.4, 0.5) is 35.4 Å². The van der Waals surface area contributed by atoms with Crippen LogP contribution in [0.5, 0.6) is 0 Å². The quantitative estimate of drug-likeness (QED) is 0.113. The Morgan fingerprint density at radius 3 is 2.28 bits per heavy atom. The van der Waals surface area contributed by atoms with Crippen molar-refractivity contribution in [3.05, 3.63) is 108 Å². The molecule has 0 bridgehead atoms. The van der Waals surface area contributed by atoms with E-state index < -0.39 is 42.4 Å². The molecule has 3 heterocycles. The first-order valence-corrected chi connectivity index (χ1v) is 19.1. The van der Waals surface area contributed by atoms with Crippen molar-refractivity contribution in [3.63, 3.8) is 0 Å². The zero-order valence-corrected chi connectivity index (χ0v) is 31.5. The fourth-order valence-corrected chi connectivity index (χ4v) is 7.84. The monoisotopic (exact) mass is 796 g/mol. The van der Waals surface area contributed by atoms with E-state index in [9.17, 15) is 33.0 Å². The first kappa shape index (κ1) is 40.0. The standard InChI is InChI=1S/C41H43F3N10O4/c1-2-18-53(38(57)41(42,43)44)31-20-32(35(56)34(31)55)54-24-47-33-36(46-22-30(26-9-5-3-6-10-26)27-11-7-4-8-12-27)50-39(51-37(33)54)52-19-17-29(23-52)49-40(58)48-28-15-13-25(21-45)14-16-28/h3-16,24,29-32,34-35,55-56H,2,17-20,22-23H2,1H3,(H,46,50,51)(H2,48,49,58)/t29-,31+,32-,34-,35+/m1/s1. The van der Waals surface area contributed by atoms with Gasteiger partial charge in [0.2, 0.25) is 5.95 Å². The predicted molar refractivity (Wildman–Crippen MR) is 210 cm³/mol. The van der Waals surface area contributed by atoms with E-state index in [0.717, 1.165) is 11.1 Å². The topological polar surface area (TPSA) is 185 Å². The zero-order chi connectivity index (χ0) is 41.0. The first-order valence-electron chi connectivity index (χ1n) is 19.1. The van der Waals surface area contributed by atoms with Crippen molar-refractivity contribution in [2.75, 3.05) is 41.7 Å². The van der Waals surface area contributed by atoms with Crippen molar-refractivity contribution in [3.8, 4) is 6.07 Å². The van der Waals surface area contributed by atoms with Crippen molar-refractivity contribution in [2.24, 2.45) is 0 Å². The third kappa shape index (κ3) is 8.53. The van der Waals surface area contributed by atoms with Crippen LogP contribution in [0.15, 0.2) is 91.3 Å². The molecule has 7 rings (SSSR count). The number of amides is 3. The molecule has 2 aromatic heterocycles. The van der Waals surface area contributed by atoms with Gasteiger partial charge in [0.05, 0.1) is 30.0 Å². The van der Waals surface area contributed by atoms with Crippen molar-refractivity contribution in [1.29, 1.82) is 5.26 Å². The minimum absolute atomic E-state index is 0.101. The van der Waals surface area contributed by atoms with Gasteiger partial charge in [-0.2, -0.15) is 28.4 Å². The van der Waals surface area contributed by atoms with Gasteiger partial charge in [-0.3, -0.25) is 4.79 Å². The Kier molecular flexibility index (Phi) is 11.8. The van der Waals surface area contributed by atoms with Gasteiger partial charge in [0.1, 0.15) is 12.2 Å². The van der Waals surface area contributed by atoms with Crippen LogP contribution in [0, 0.1) is 11.3 Å². The van der Waals surface area contributed by atoms with E-state index in [1.807, 2.05) is 71.6 Å². The molecule has 5 aromatic rings. The molecule has 1 saturated carbocycles. The highest BCUT2D eigenvalue weighted by Crippen LogP contribution is 2.38. The largest absolute Gasteiger partial charge is 0.471 e. The smallest absolute Gasteiger partial charge is 0.388 e. The number of nitrogens with one attached hydrogen (secondary N) is 3. The van der Waals surface area contributed by atoms with E-state index in [1.165, 1.54) is 10.9 Å². The third-order valence-corrected chi connectivity index (χ3v) is 10.7. The summed E-state index contributed by atoms with van der Waals surface area (Å²) in [6.45, 7) is 2.57. The van der Waals surface area contributed by atoms with Gasteiger partial charge in [-0.25, -0.2) is 9.78 Å².